The molecule has 1 saturated heterocycles. The van der Waals surface area contributed by atoms with Crippen LogP contribution in [0.25, 0.3) is 5.57 Å². The number of unbranched alkanes of at least 4 members (excludes halogenated alkanes) is 1. The number of carbonyl (C=O) groups excluding carboxylic acids is 1. The van der Waals surface area contributed by atoms with Gasteiger partial charge in [-0.1, -0.05) is 52.3 Å². The SMILES string of the molecule is CN(C)c1ccc(C(=C2C=CC(=[N+](C)C)C=C2)c2ccc(NC(=O)CCCCC3CCSS3)cc2)cc1. The van der Waals surface area contributed by atoms with E-state index >= 15 is 0 Å². The smallest absolute Gasteiger partial charge is 0.224 e. The molecule has 4 nitrogen and oxygen atoms in total. The number of anilines is 2. The zero-order chi connectivity index (χ0) is 26.2. The second kappa shape index (κ2) is 13.2. The van der Waals surface area contributed by atoms with Crippen LogP contribution in [0.3, 0.4) is 0 Å². The summed E-state index contributed by atoms with van der Waals surface area (Å²) in [6.45, 7) is 0. The predicted octanol–water partition coefficient (Wildman–Crippen LogP) is 7.05. The number of benzene rings is 2. The minimum absolute atomic E-state index is 0.101. The Morgan fingerprint density at radius 3 is 2.16 bits per heavy atom. The fourth-order valence-corrected chi connectivity index (χ4v) is 7.55. The lowest BCUT2D eigenvalue weighted by Crippen LogP contribution is -2.11. The predicted molar refractivity (Wildman–Crippen MR) is 164 cm³/mol. The fraction of sp³-hybridized carbons (Fsp3) is 0.355. The summed E-state index contributed by atoms with van der Waals surface area (Å²) < 4.78 is 2.11. The van der Waals surface area contributed by atoms with Crippen molar-refractivity contribution < 1.29 is 9.37 Å². The van der Waals surface area contributed by atoms with Gasteiger partial charge in [0, 0.05) is 55.0 Å². The summed E-state index contributed by atoms with van der Waals surface area (Å²) in [6, 6.07) is 16.9. The van der Waals surface area contributed by atoms with Crippen LogP contribution in [0.15, 0.2) is 78.4 Å². The van der Waals surface area contributed by atoms with Gasteiger partial charge in [0.05, 0.1) is 0 Å². The van der Waals surface area contributed by atoms with E-state index in [0.717, 1.165) is 29.3 Å². The van der Waals surface area contributed by atoms with Crippen LogP contribution in [0, 0.1) is 0 Å². The first-order chi connectivity index (χ1) is 17.9. The summed E-state index contributed by atoms with van der Waals surface area (Å²) >= 11 is 0. The molecule has 37 heavy (non-hydrogen) atoms. The zero-order valence-corrected chi connectivity index (χ0v) is 24.0. The van der Waals surface area contributed by atoms with Crippen LogP contribution in [-0.2, 0) is 4.79 Å². The van der Waals surface area contributed by atoms with Crippen LogP contribution in [0.5, 0.6) is 0 Å². The average Bonchev–Trinajstić information content (AvgIpc) is 3.42. The van der Waals surface area contributed by atoms with Gasteiger partial charge in [-0.05, 0) is 78.0 Å². The fourth-order valence-electron chi connectivity index (χ4n) is 4.52. The number of hydrogen-bond acceptors (Lipinski definition) is 4. The number of carbonyl (C=O) groups is 1. The second-order valence-corrected chi connectivity index (χ2v) is 12.7. The molecule has 194 valence electrons. The van der Waals surface area contributed by atoms with Crippen molar-refractivity contribution >= 4 is 50.2 Å². The highest BCUT2D eigenvalue weighted by Crippen LogP contribution is 2.40. The standard InChI is InChI=1S/C31H37N3OS2/c1-33(2)27-17-11-24(12-18-27)31(25-13-19-28(20-14-25)34(3)4)23-9-15-26(16-10-23)32-30(35)8-6-5-7-29-21-22-36-37-29/h9-20,29H,5-8,21-22H2,1-4H3/p+1. The van der Waals surface area contributed by atoms with Crippen LogP contribution in [0.1, 0.15) is 43.2 Å². The summed E-state index contributed by atoms with van der Waals surface area (Å²) in [6.07, 6.45) is 13.9. The summed E-state index contributed by atoms with van der Waals surface area (Å²) in [4.78, 5) is 14.6. The monoisotopic (exact) mass is 532 g/mol. The second-order valence-electron chi connectivity index (χ2n) is 9.96. The Bertz CT molecular complexity index is 1180. The average molecular weight is 533 g/mol. The lowest BCUT2D eigenvalue weighted by Gasteiger charge is -2.17. The lowest BCUT2D eigenvalue weighted by atomic mass is 9.90. The highest BCUT2D eigenvalue weighted by atomic mass is 33.1. The Kier molecular flexibility index (Phi) is 9.75. The molecule has 2 aromatic rings. The van der Waals surface area contributed by atoms with E-state index in [0.29, 0.717) is 6.42 Å². The molecule has 1 aliphatic carbocycles. The van der Waals surface area contributed by atoms with Crippen molar-refractivity contribution in [3.05, 3.63) is 89.5 Å². The van der Waals surface area contributed by atoms with Gasteiger partial charge in [0.2, 0.25) is 5.91 Å². The molecule has 0 spiro atoms. The maximum Gasteiger partial charge on any atom is 0.224 e. The molecule has 2 aliphatic rings. The van der Waals surface area contributed by atoms with E-state index in [1.54, 1.807) is 0 Å². The molecular formula is C31H38N3OS2+. The van der Waals surface area contributed by atoms with Gasteiger partial charge in [0.25, 0.3) is 0 Å². The van der Waals surface area contributed by atoms with E-state index < -0.39 is 0 Å². The Morgan fingerprint density at radius 2 is 1.59 bits per heavy atom. The van der Waals surface area contributed by atoms with E-state index in [-0.39, 0.29) is 5.91 Å². The third-order valence-electron chi connectivity index (χ3n) is 6.71. The molecule has 1 amide bonds. The molecular weight excluding hydrogens is 494 g/mol. The first kappa shape index (κ1) is 27.3. The van der Waals surface area contributed by atoms with Crippen molar-refractivity contribution in [1.29, 1.82) is 0 Å². The number of nitrogens with one attached hydrogen (secondary N) is 1. The Hall–Kier alpha value is -2.70. The highest BCUT2D eigenvalue weighted by molar-refractivity contribution is 8.77. The van der Waals surface area contributed by atoms with Gasteiger partial charge >= 0.3 is 0 Å². The van der Waals surface area contributed by atoms with Gasteiger partial charge in [-0.15, -0.1) is 0 Å². The largest absolute Gasteiger partial charge is 0.378 e. The highest BCUT2D eigenvalue weighted by Gasteiger charge is 2.16. The molecule has 1 unspecified atom stereocenters. The number of rotatable bonds is 9. The molecule has 1 aliphatic heterocycles. The molecule has 6 heteroatoms. The van der Waals surface area contributed by atoms with Crippen molar-refractivity contribution in [2.45, 2.75) is 37.4 Å². The van der Waals surface area contributed by atoms with Gasteiger partial charge in [0.1, 0.15) is 14.1 Å². The van der Waals surface area contributed by atoms with Gasteiger partial charge in [-0.2, -0.15) is 0 Å². The first-order valence-electron chi connectivity index (χ1n) is 13.0. The molecule has 0 bridgehead atoms. The summed E-state index contributed by atoms with van der Waals surface area (Å²) in [7, 11) is 12.2. The topological polar surface area (TPSA) is 35.4 Å². The van der Waals surface area contributed by atoms with Crippen molar-refractivity contribution in [3.8, 4) is 0 Å². The number of amides is 1. The first-order valence-corrected chi connectivity index (χ1v) is 15.4. The Labute approximate surface area is 230 Å². The maximum atomic E-state index is 12.5. The molecule has 1 heterocycles. The van der Waals surface area contributed by atoms with Crippen molar-refractivity contribution in [2.75, 3.05) is 44.2 Å². The van der Waals surface area contributed by atoms with Gasteiger partial charge in [0.15, 0.2) is 5.71 Å². The number of nitrogens with zero attached hydrogens (tertiary/aromatic N) is 2. The summed E-state index contributed by atoms with van der Waals surface area (Å²) in [5.41, 5.74) is 7.82. The molecule has 1 N–H and O–H groups in total. The molecule has 1 atom stereocenters. The van der Waals surface area contributed by atoms with Crippen LogP contribution in [-0.4, -0.2) is 55.4 Å². The van der Waals surface area contributed by atoms with Crippen LogP contribution in [0.2, 0.25) is 0 Å². The quantitative estimate of drug-likeness (QED) is 0.213. The molecule has 0 saturated carbocycles. The zero-order valence-electron chi connectivity index (χ0n) is 22.4. The van der Waals surface area contributed by atoms with Crippen molar-refractivity contribution in [3.63, 3.8) is 0 Å². The van der Waals surface area contributed by atoms with Crippen LogP contribution in [0.4, 0.5) is 11.4 Å². The molecule has 0 aromatic heterocycles. The van der Waals surface area contributed by atoms with Gasteiger partial charge in [-0.3, -0.25) is 4.79 Å². The van der Waals surface area contributed by atoms with Gasteiger partial charge < -0.3 is 10.2 Å². The minimum atomic E-state index is 0.101. The number of hydrogen-bond donors (Lipinski definition) is 1. The normalized spacial score (nSPS) is 16.7. The van der Waals surface area contributed by atoms with Crippen LogP contribution < -0.4 is 10.2 Å². The van der Waals surface area contributed by atoms with E-state index in [1.165, 1.54) is 46.7 Å². The summed E-state index contributed by atoms with van der Waals surface area (Å²) in [5.74, 6) is 1.37. The summed E-state index contributed by atoms with van der Waals surface area (Å²) in [5, 5.41) is 3.87. The van der Waals surface area contributed by atoms with Crippen molar-refractivity contribution in [2.24, 2.45) is 0 Å². The third kappa shape index (κ3) is 7.65. The molecule has 2 aromatic carbocycles. The Morgan fingerprint density at radius 1 is 0.946 bits per heavy atom. The molecule has 0 radical (unpaired) electrons. The minimum Gasteiger partial charge on any atom is -0.378 e. The Balaban J connectivity index is 1.48. The molecule has 1 fully saturated rings. The van der Waals surface area contributed by atoms with E-state index in [1.807, 2.05) is 33.7 Å². The van der Waals surface area contributed by atoms with E-state index in [2.05, 4.69) is 104 Å². The van der Waals surface area contributed by atoms with E-state index in [4.69, 9.17) is 0 Å². The maximum absolute atomic E-state index is 12.5. The van der Waals surface area contributed by atoms with Crippen molar-refractivity contribution in [1.82, 2.24) is 0 Å². The van der Waals surface area contributed by atoms with E-state index in [9.17, 15) is 4.79 Å². The lowest BCUT2D eigenvalue weighted by molar-refractivity contribution is -0.462. The number of allylic oxidation sites excluding steroid dienone is 5. The third-order valence-corrected chi connectivity index (χ3v) is 9.72. The van der Waals surface area contributed by atoms with Gasteiger partial charge in [-0.25, -0.2) is 4.58 Å². The molecule has 4 rings (SSSR count). The van der Waals surface area contributed by atoms with Crippen LogP contribution >= 0.6 is 21.6 Å².